The minimum atomic E-state index is -1.80. The predicted octanol–water partition coefficient (Wildman–Crippen LogP) is 4.15. The van der Waals surface area contributed by atoms with E-state index in [1.54, 1.807) is 0 Å². The SMILES string of the molecule is C=C[Si](C)(OC)C1(C)CC(C)(C)C1(C)C. The van der Waals surface area contributed by atoms with E-state index in [1.807, 2.05) is 7.11 Å². The van der Waals surface area contributed by atoms with Crippen molar-refractivity contribution in [1.82, 2.24) is 0 Å². The summed E-state index contributed by atoms with van der Waals surface area (Å²) in [6, 6.07) is 0. The molecule has 1 aliphatic carbocycles. The third-order valence-electron chi connectivity index (χ3n) is 5.78. The quantitative estimate of drug-likeness (QED) is 0.657. The first kappa shape index (κ1) is 13.0. The zero-order chi connectivity index (χ0) is 12.1. The maximum absolute atomic E-state index is 5.84. The predicted molar refractivity (Wildman–Crippen MR) is 69.4 cm³/mol. The molecule has 1 rings (SSSR count). The van der Waals surface area contributed by atoms with Crippen molar-refractivity contribution in [2.45, 2.75) is 52.6 Å². The fourth-order valence-electron chi connectivity index (χ4n) is 3.30. The Labute approximate surface area is 96.0 Å². The van der Waals surface area contributed by atoms with E-state index in [-0.39, 0.29) is 0 Å². The van der Waals surface area contributed by atoms with Gasteiger partial charge in [0.1, 0.15) is 0 Å². The first-order valence-electron chi connectivity index (χ1n) is 5.77. The molecule has 1 aliphatic rings. The molecule has 0 saturated heterocycles. The largest absolute Gasteiger partial charge is 0.416 e. The van der Waals surface area contributed by atoms with Gasteiger partial charge in [0.15, 0.2) is 0 Å². The Hall–Kier alpha value is -0.0831. The molecule has 15 heavy (non-hydrogen) atoms. The van der Waals surface area contributed by atoms with E-state index < -0.39 is 8.32 Å². The molecule has 1 nitrogen and oxygen atoms in total. The Morgan fingerprint density at radius 2 is 1.67 bits per heavy atom. The highest BCUT2D eigenvalue weighted by Gasteiger charge is 2.69. The van der Waals surface area contributed by atoms with Gasteiger partial charge in [0.25, 0.3) is 0 Å². The van der Waals surface area contributed by atoms with Crippen LogP contribution in [0.3, 0.4) is 0 Å². The zero-order valence-corrected chi connectivity index (χ0v) is 12.4. The van der Waals surface area contributed by atoms with E-state index >= 15 is 0 Å². The van der Waals surface area contributed by atoms with Crippen LogP contribution in [-0.4, -0.2) is 15.4 Å². The Morgan fingerprint density at radius 3 is 1.87 bits per heavy atom. The summed E-state index contributed by atoms with van der Waals surface area (Å²) in [6.07, 6.45) is 1.25. The second-order valence-corrected chi connectivity index (χ2v) is 10.7. The van der Waals surface area contributed by atoms with Crippen molar-refractivity contribution in [3.05, 3.63) is 12.3 Å². The van der Waals surface area contributed by atoms with Gasteiger partial charge in [0, 0.05) is 7.11 Å². The molecule has 2 unspecified atom stereocenters. The summed E-state index contributed by atoms with van der Waals surface area (Å²) in [5.74, 6) is 0. The molecule has 0 aromatic heterocycles. The highest BCUT2D eigenvalue weighted by Crippen LogP contribution is 2.75. The molecule has 2 atom stereocenters. The van der Waals surface area contributed by atoms with Gasteiger partial charge >= 0.3 is 0 Å². The van der Waals surface area contributed by atoms with Crippen molar-refractivity contribution >= 4 is 8.32 Å². The average molecular weight is 226 g/mol. The first-order chi connectivity index (χ1) is 6.58. The molecular weight excluding hydrogens is 200 g/mol. The molecule has 88 valence electrons. The van der Waals surface area contributed by atoms with Crippen LogP contribution in [0.4, 0.5) is 0 Å². The van der Waals surface area contributed by atoms with Crippen LogP contribution >= 0.6 is 0 Å². The second kappa shape index (κ2) is 3.20. The van der Waals surface area contributed by atoms with Crippen LogP contribution in [0, 0.1) is 10.8 Å². The lowest BCUT2D eigenvalue weighted by Crippen LogP contribution is -2.65. The van der Waals surface area contributed by atoms with Crippen LogP contribution in [0.1, 0.15) is 41.0 Å². The molecule has 0 heterocycles. The topological polar surface area (TPSA) is 9.23 Å². The van der Waals surface area contributed by atoms with Gasteiger partial charge in [0.2, 0.25) is 8.32 Å². The lowest BCUT2D eigenvalue weighted by molar-refractivity contribution is -0.0820. The van der Waals surface area contributed by atoms with Crippen LogP contribution in [0.2, 0.25) is 11.6 Å². The van der Waals surface area contributed by atoms with Crippen molar-refractivity contribution in [1.29, 1.82) is 0 Å². The highest BCUT2D eigenvalue weighted by molar-refractivity contribution is 6.80. The van der Waals surface area contributed by atoms with E-state index in [0.717, 1.165) is 0 Å². The fraction of sp³-hybridized carbons (Fsp3) is 0.846. The molecule has 0 N–H and O–H groups in total. The summed E-state index contributed by atoms with van der Waals surface area (Å²) in [5.41, 5.74) is 2.84. The van der Waals surface area contributed by atoms with Crippen LogP contribution in [0.15, 0.2) is 12.3 Å². The van der Waals surface area contributed by atoms with Crippen molar-refractivity contribution in [3.8, 4) is 0 Å². The minimum absolute atomic E-state index is 0.306. The molecule has 0 radical (unpaired) electrons. The van der Waals surface area contributed by atoms with E-state index in [1.165, 1.54) is 6.42 Å². The molecular formula is C13H26OSi. The summed E-state index contributed by atoms with van der Waals surface area (Å²) >= 11 is 0. The average Bonchev–Trinajstić information content (AvgIpc) is 2.15. The van der Waals surface area contributed by atoms with Gasteiger partial charge in [-0.2, -0.15) is 0 Å². The fourth-order valence-corrected chi connectivity index (χ4v) is 6.74. The molecule has 0 spiro atoms. The van der Waals surface area contributed by atoms with E-state index in [2.05, 4.69) is 53.4 Å². The lowest BCUT2D eigenvalue weighted by Gasteiger charge is -2.70. The Balaban J connectivity index is 3.13. The van der Waals surface area contributed by atoms with Crippen LogP contribution in [-0.2, 0) is 4.43 Å². The molecule has 1 fully saturated rings. The molecule has 0 aromatic rings. The molecule has 0 amide bonds. The Morgan fingerprint density at radius 1 is 1.20 bits per heavy atom. The van der Waals surface area contributed by atoms with Crippen molar-refractivity contribution < 1.29 is 4.43 Å². The molecule has 2 heteroatoms. The summed E-state index contributed by atoms with van der Waals surface area (Å²) < 4.78 is 5.84. The van der Waals surface area contributed by atoms with Crippen molar-refractivity contribution in [2.24, 2.45) is 10.8 Å². The standard InChI is InChI=1S/C13H26OSi/c1-9-15(8,14-7)13(6)10-11(2,3)12(13,4)5/h9H,1,10H2,2-8H3. The number of hydrogen-bond donors (Lipinski definition) is 0. The summed E-state index contributed by atoms with van der Waals surface area (Å²) in [5, 5.41) is 0.306. The maximum atomic E-state index is 5.84. The highest BCUT2D eigenvalue weighted by atomic mass is 28.4. The third kappa shape index (κ3) is 1.30. The molecule has 0 aromatic carbocycles. The van der Waals surface area contributed by atoms with E-state index in [0.29, 0.717) is 15.9 Å². The molecule has 0 bridgehead atoms. The van der Waals surface area contributed by atoms with Crippen LogP contribution in [0.25, 0.3) is 0 Å². The number of hydrogen-bond acceptors (Lipinski definition) is 1. The Kier molecular flexibility index (Phi) is 2.77. The van der Waals surface area contributed by atoms with Crippen LogP contribution < -0.4 is 0 Å². The van der Waals surface area contributed by atoms with Crippen molar-refractivity contribution in [3.63, 3.8) is 0 Å². The maximum Gasteiger partial charge on any atom is 0.219 e. The summed E-state index contributed by atoms with van der Waals surface area (Å²) in [6.45, 7) is 18.2. The van der Waals surface area contributed by atoms with Gasteiger partial charge < -0.3 is 4.43 Å². The van der Waals surface area contributed by atoms with Crippen LogP contribution in [0.5, 0.6) is 0 Å². The number of rotatable bonds is 3. The molecule has 0 aliphatic heterocycles. The van der Waals surface area contributed by atoms with E-state index in [9.17, 15) is 0 Å². The first-order valence-corrected chi connectivity index (χ1v) is 8.25. The monoisotopic (exact) mass is 226 g/mol. The third-order valence-corrected chi connectivity index (χ3v) is 10.4. The smallest absolute Gasteiger partial charge is 0.219 e. The van der Waals surface area contributed by atoms with Gasteiger partial charge in [-0.15, -0.1) is 6.58 Å². The minimum Gasteiger partial charge on any atom is -0.416 e. The normalized spacial score (nSPS) is 36.5. The molecule has 1 saturated carbocycles. The Bertz CT molecular complexity index is 282. The summed E-state index contributed by atoms with van der Waals surface area (Å²) in [7, 11) is 0.0493. The van der Waals surface area contributed by atoms with Gasteiger partial charge in [-0.3, -0.25) is 0 Å². The lowest BCUT2D eigenvalue weighted by atomic mass is 9.46. The van der Waals surface area contributed by atoms with Gasteiger partial charge in [-0.25, -0.2) is 0 Å². The summed E-state index contributed by atoms with van der Waals surface area (Å²) in [4.78, 5) is 0. The zero-order valence-electron chi connectivity index (χ0n) is 11.4. The van der Waals surface area contributed by atoms with Crippen molar-refractivity contribution in [2.75, 3.05) is 7.11 Å². The van der Waals surface area contributed by atoms with Gasteiger partial charge in [-0.05, 0) is 28.8 Å². The van der Waals surface area contributed by atoms with Gasteiger partial charge in [0.05, 0.1) is 0 Å². The second-order valence-electron chi connectivity index (χ2n) is 6.53. The van der Waals surface area contributed by atoms with Gasteiger partial charge in [-0.1, -0.05) is 40.3 Å². The van der Waals surface area contributed by atoms with E-state index in [4.69, 9.17) is 4.43 Å².